The van der Waals surface area contributed by atoms with Crippen molar-refractivity contribution in [3.8, 4) is 0 Å². The predicted molar refractivity (Wildman–Crippen MR) is 74.5 cm³/mol. The molecule has 0 aliphatic heterocycles. The minimum absolute atomic E-state index is 0.245. The van der Waals surface area contributed by atoms with Crippen molar-refractivity contribution in [1.29, 1.82) is 0 Å². The zero-order valence-electron chi connectivity index (χ0n) is 10.8. The first-order valence-electron chi connectivity index (χ1n) is 5.93. The van der Waals surface area contributed by atoms with Gasteiger partial charge in [-0.2, -0.15) is 0 Å². The van der Waals surface area contributed by atoms with Crippen LogP contribution in [0.3, 0.4) is 0 Å². The van der Waals surface area contributed by atoms with Gasteiger partial charge in [0, 0.05) is 11.8 Å². The molecule has 2 N–H and O–H groups in total. The highest BCUT2D eigenvalue weighted by molar-refractivity contribution is 6.04. The molecule has 102 valence electrons. The van der Waals surface area contributed by atoms with E-state index in [1.807, 2.05) is 0 Å². The molecule has 1 aromatic heterocycles. The minimum atomic E-state index is -1.00. The molecule has 0 fully saturated rings. The number of anilines is 1. The van der Waals surface area contributed by atoms with E-state index in [0.717, 1.165) is 11.6 Å². The van der Waals surface area contributed by atoms with Crippen molar-refractivity contribution in [1.82, 2.24) is 0 Å². The van der Waals surface area contributed by atoms with Crippen LogP contribution in [0.4, 0.5) is 5.69 Å². The van der Waals surface area contributed by atoms with Crippen LogP contribution in [0, 0.1) is 6.92 Å². The topological polar surface area (TPSA) is 79.5 Å². The summed E-state index contributed by atoms with van der Waals surface area (Å²) >= 11 is 0. The lowest BCUT2D eigenvalue weighted by molar-refractivity contribution is -0.131. The molecule has 1 aromatic carbocycles. The molecule has 5 heteroatoms. The molecule has 0 aliphatic rings. The summed E-state index contributed by atoms with van der Waals surface area (Å²) in [5, 5.41) is 11.3. The molecule has 20 heavy (non-hydrogen) atoms. The Morgan fingerprint density at radius 1 is 1.20 bits per heavy atom. The van der Waals surface area contributed by atoms with E-state index in [2.05, 4.69) is 5.32 Å². The summed E-state index contributed by atoms with van der Waals surface area (Å²) in [6.07, 6.45) is 4.00. The maximum atomic E-state index is 11.9. The second-order valence-electron chi connectivity index (χ2n) is 4.14. The monoisotopic (exact) mass is 271 g/mol. The van der Waals surface area contributed by atoms with E-state index in [1.54, 1.807) is 37.3 Å². The van der Waals surface area contributed by atoms with Gasteiger partial charge >= 0.3 is 5.97 Å². The van der Waals surface area contributed by atoms with E-state index in [-0.39, 0.29) is 5.91 Å². The maximum absolute atomic E-state index is 11.9. The fourth-order valence-electron chi connectivity index (χ4n) is 1.66. The fraction of sp³-hybridized carbons (Fsp3) is 0.0667. The molecular formula is C15H13NO4. The number of benzene rings is 1. The third-order valence-electron chi connectivity index (χ3n) is 2.69. The molecule has 5 nitrogen and oxygen atoms in total. The summed E-state index contributed by atoms with van der Waals surface area (Å²) in [6, 6.07) is 8.45. The molecule has 0 radical (unpaired) electrons. The van der Waals surface area contributed by atoms with Gasteiger partial charge in [-0.3, -0.25) is 4.79 Å². The van der Waals surface area contributed by atoms with Crippen LogP contribution in [0.1, 0.15) is 21.7 Å². The lowest BCUT2D eigenvalue weighted by atomic mass is 10.2. The van der Waals surface area contributed by atoms with Crippen molar-refractivity contribution in [2.75, 3.05) is 5.32 Å². The number of aryl methyl sites for hydroxylation is 1. The molecule has 2 rings (SSSR count). The molecule has 2 aromatic rings. The molecule has 0 bridgehead atoms. The van der Waals surface area contributed by atoms with Crippen molar-refractivity contribution in [3.05, 3.63) is 59.6 Å². The number of nitrogens with one attached hydrogen (secondary N) is 1. The molecule has 0 saturated heterocycles. The van der Waals surface area contributed by atoms with Gasteiger partial charge in [0.25, 0.3) is 5.91 Å². The van der Waals surface area contributed by atoms with E-state index in [0.29, 0.717) is 17.0 Å². The molecule has 0 spiro atoms. The van der Waals surface area contributed by atoms with Gasteiger partial charge in [-0.15, -0.1) is 0 Å². The SMILES string of the molecule is Cc1occc1C(=O)Nc1ccc(/C=C/C(=O)O)cc1. The first-order valence-corrected chi connectivity index (χ1v) is 5.93. The van der Waals surface area contributed by atoms with E-state index in [1.165, 1.54) is 12.3 Å². The third-order valence-corrected chi connectivity index (χ3v) is 2.69. The predicted octanol–water partition coefficient (Wildman–Crippen LogP) is 2.94. The number of carbonyl (C=O) groups excluding carboxylic acids is 1. The van der Waals surface area contributed by atoms with Crippen LogP contribution in [0.15, 0.2) is 47.1 Å². The highest BCUT2D eigenvalue weighted by Crippen LogP contribution is 2.14. The standard InChI is InChI=1S/C15H13NO4/c1-10-13(8-9-20-10)15(19)16-12-5-2-11(3-6-12)4-7-14(17)18/h2-9H,1H3,(H,16,19)(H,17,18)/b7-4+. The van der Waals surface area contributed by atoms with E-state index >= 15 is 0 Å². The summed E-state index contributed by atoms with van der Waals surface area (Å²) in [5.41, 5.74) is 1.85. The second-order valence-corrected chi connectivity index (χ2v) is 4.14. The summed E-state index contributed by atoms with van der Waals surface area (Å²) in [5.74, 6) is -0.689. The molecule has 1 heterocycles. The molecule has 0 aliphatic carbocycles. The van der Waals surface area contributed by atoms with Gasteiger partial charge in [0.1, 0.15) is 5.76 Å². The number of carboxylic acid groups (broad SMARTS) is 1. The number of hydrogen-bond acceptors (Lipinski definition) is 3. The highest BCUT2D eigenvalue weighted by atomic mass is 16.4. The smallest absolute Gasteiger partial charge is 0.328 e. The van der Waals surface area contributed by atoms with Gasteiger partial charge in [0.05, 0.1) is 11.8 Å². The highest BCUT2D eigenvalue weighted by Gasteiger charge is 2.11. The summed E-state index contributed by atoms with van der Waals surface area (Å²) in [6.45, 7) is 1.72. The fourth-order valence-corrected chi connectivity index (χ4v) is 1.66. The van der Waals surface area contributed by atoms with Crippen LogP contribution in [0.25, 0.3) is 6.08 Å². The number of carboxylic acids is 1. The zero-order valence-corrected chi connectivity index (χ0v) is 10.8. The first kappa shape index (κ1) is 13.6. The minimum Gasteiger partial charge on any atom is -0.478 e. The largest absolute Gasteiger partial charge is 0.478 e. The molecule has 0 saturated carbocycles. The van der Waals surface area contributed by atoms with Gasteiger partial charge in [-0.25, -0.2) is 4.79 Å². The number of furan rings is 1. The van der Waals surface area contributed by atoms with Crippen molar-refractivity contribution < 1.29 is 19.1 Å². The van der Waals surface area contributed by atoms with Gasteiger partial charge in [-0.1, -0.05) is 12.1 Å². The van der Waals surface area contributed by atoms with Crippen molar-refractivity contribution in [2.24, 2.45) is 0 Å². The lowest BCUT2D eigenvalue weighted by Crippen LogP contribution is -2.11. The summed E-state index contributed by atoms with van der Waals surface area (Å²) in [4.78, 5) is 22.3. The van der Waals surface area contributed by atoms with Crippen LogP contribution in [-0.2, 0) is 4.79 Å². The van der Waals surface area contributed by atoms with Crippen molar-refractivity contribution >= 4 is 23.6 Å². The number of aliphatic carboxylic acids is 1. The summed E-state index contributed by atoms with van der Waals surface area (Å²) < 4.78 is 5.07. The Morgan fingerprint density at radius 2 is 1.90 bits per heavy atom. The first-order chi connectivity index (χ1) is 9.56. The van der Waals surface area contributed by atoms with Crippen LogP contribution in [-0.4, -0.2) is 17.0 Å². The molecule has 1 amide bonds. The number of amides is 1. The lowest BCUT2D eigenvalue weighted by Gasteiger charge is -2.04. The Labute approximate surface area is 115 Å². The van der Waals surface area contributed by atoms with E-state index in [4.69, 9.17) is 9.52 Å². The quantitative estimate of drug-likeness (QED) is 0.838. The van der Waals surface area contributed by atoms with Crippen molar-refractivity contribution in [3.63, 3.8) is 0 Å². The average molecular weight is 271 g/mol. The van der Waals surface area contributed by atoms with Gasteiger partial charge in [0.15, 0.2) is 0 Å². The number of carbonyl (C=O) groups is 2. The van der Waals surface area contributed by atoms with Gasteiger partial charge in [0.2, 0.25) is 0 Å². The maximum Gasteiger partial charge on any atom is 0.328 e. The van der Waals surface area contributed by atoms with Crippen LogP contribution in [0.5, 0.6) is 0 Å². The van der Waals surface area contributed by atoms with E-state index < -0.39 is 5.97 Å². The molecular weight excluding hydrogens is 258 g/mol. The van der Waals surface area contributed by atoms with Crippen molar-refractivity contribution in [2.45, 2.75) is 6.92 Å². The van der Waals surface area contributed by atoms with Crippen LogP contribution < -0.4 is 5.32 Å². The van der Waals surface area contributed by atoms with Crippen LogP contribution >= 0.6 is 0 Å². The second kappa shape index (κ2) is 5.88. The number of rotatable bonds is 4. The number of hydrogen-bond donors (Lipinski definition) is 2. The normalized spacial score (nSPS) is 10.7. The average Bonchev–Trinajstić information content (AvgIpc) is 2.84. The summed E-state index contributed by atoms with van der Waals surface area (Å²) in [7, 11) is 0. The molecule has 0 atom stereocenters. The Balaban J connectivity index is 2.06. The Morgan fingerprint density at radius 3 is 2.45 bits per heavy atom. The zero-order chi connectivity index (χ0) is 14.5. The van der Waals surface area contributed by atoms with E-state index in [9.17, 15) is 9.59 Å². The van der Waals surface area contributed by atoms with Gasteiger partial charge in [-0.05, 0) is 36.8 Å². The van der Waals surface area contributed by atoms with Gasteiger partial charge < -0.3 is 14.8 Å². The van der Waals surface area contributed by atoms with Crippen LogP contribution in [0.2, 0.25) is 0 Å². The Bertz CT molecular complexity index is 653. The third kappa shape index (κ3) is 3.35. The molecule has 0 unspecified atom stereocenters. The Kier molecular flexibility index (Phi) is 4.00. The Hall–Kier alpha value is -2.82.